The van der Waals surface area contributed by atoms with Crippen molar-refractivity contribution in [3.05, 3.63) is 12.3 Å². The zero-order valence-corrected chi connectivity index (χ0v) is 5.72. The number of ether oxygens (including phenoxy) is 2. The fourth-order valence-corrected chi connectivity index (χ4v) is 0.328. The highest BCUT2D eigenvalue weighted by Gasteiger charge is 1.89. The van der Waals surface area contributed by atoms with Crippen LogP contribution in [0.3, 0.4) is 0 Å². The highest BCUT2D eigenvalue weighted by atomic mass is 16.5. The molecule has 0 aromatic rings. The molecule has 0 rings (SSSR count). The van der Waals surface area contributed by atoms with Crippen LogP contribution >= 0.6 is 0 Å². The van der Waals surface area contributed by atoms with Gasteiger partial charge < -0.3 is 15.2 Å². The molecule has 54 valence electrons. The van der Waals surface area contributed by atoms with Crippen LogP contribution in [0.1, 0.15) is 0 Å². The third kappa shape index (κ3) is 5.33. The van der Waals surface area contributed by atoms with E-state index in [9.17, 15) is 0 Å². The van der Waals surface area contributed by atoms with Crippen LogP contribution in [0.5, 0.6) is 0 Å². The molecule has 0 heterocycles. The highest BCUT2D eigenvalue weighted by Crippen LogP contribution is 1.89. The van der Waals surface area contributed by atoms with Crippen molar-refractivity contribution in [1.82, 2.24) is 0 Å². The van der Waals surface area contributed by atoms with E-state index in [-0.39, 0.29) is 0 Å². The van der Waals surface area contributed by atoms with Gasteiger partial charge in [-0.1, -0.05) is 6.58 Å². The maximum Gasteiger partial charge on any atom is 0.114 e. The van der Waals surface area contributed by atoms with Crippen molar-refractivity contribution in [3.8, 4) is 0 Å². The van der Waals surface area contributed by atoms with E-state index < -0.39 is 0 Å². The minimum absolute atomic E-state index is 0.438. The molecule has 3 nitrogen and oxygen atoms in total. The number of nitrogens with two attached hydrogens (primary N) is 1. The van der Waals surface area contributed by atoms with E-state index in [1.165, 1.54) is 0 Å². The van der Waals surface area contributed by atoms with Gasteiger partial charge in [0, 0.05) is 6.54 Å². The molecular formula is C6H13NO2. The molecule has 0 atom stereocenters. The van der Waals surface area contributed by atoms with Crippen LogP contribution in [-0.4, -0.2) is 26.9 Å². The molecule has 3 heteroatoms. The Morgan fingerprint density at radius 3 is 2.78 bits per heavy atom. The summed E-state index contributed by atoms with van der Waals surface area (Å²) in [6.45, 7) is 5.09. The first-order valence-electron chi connectivity index (χ1n) is 2.81. The fraction of sp³-hybridized carbons (Fsp3) is 0.667. The Balaban J connectivity index is 2.97. The topological polar surface area (TPSA) is 44.5 Å². The Kier molecular flexibility index (Phi) is 5.26. The molecular weight excluding hydrogens is 118 g/mol. The lowest BCUT2D eigenvalue weighted by atomic mass is 10.6. The van der Waals surface area contributed by atoms with Gasteiger partial charge in [0.2, 0.25) is 0 Å². The Morgan fingerprint density at radius 1 is 1.67 bits per heavy atom. The van der Waals surface area contributed by atoms with Gasteiger partial charge in [-0.2, -0.15) is 0 Å². The molecule has 0 spiro atoms. The first-order valence-corrected chi connectivity index (χ1v) is 2.81. The summed E-state index contributed by atoms with van der Waals surface area (Å²) in [6.07, 6.45) is 0. The lowest BCUT2D eigenvalue weighted by molar-refractivity contribution is 0.121. The van der Waals surface area contributed by atoms with E-state index in [1.54, 1.807) is 7.11 Å². The van der Waals surface area contributed by atoms with Gasteiger partial charge >= 0.3 is 0 Å². The number of methoxy groups -OCH3 is 1. The molecule has 0 radical (unpaired) electrons. The molecule has 0 bridgehead atoms. The molecule has 0 amide bonds. The molecule has 0 aliphatic rings. The number of hydrogen-bond acceptors (Lipinski definition) is 3. The normalized spacial score (nSPS) is 9.11. The van der Waals surface area contributed by atoms with Gasteiger partial charge in [-0.25, -0.2) is 0 Å². The molecule has 0 aliphatic heterocycles. The Hall–Kier alpha value is -0.540. The molecule has 9 heavy (non-hydrogen) atoms. The smallest absolute Gasteiger partial charge is 0.114 e. The van der Waals surface area contributed by atoms with Gasteiger partial charge in [0.1, 0.15) is 12.4 Å². The van der Waals surface area contributed by atoms with Crippen molar-refractivity contribution >= 4 is 0 Å². The van der Waals surface area contributed by atoms with Crippen LogP contribution in [-0.2, 0) is 9.47 Å². The van der Waals surface area contributed by atoms with Crippen LogP contribution in [0.25, 0.3) is 0 Å². The summed E-state index contributed by atoms with van der Waals surface area (Å²) in [4.78, 5) is 0. The maximum atomic E-state index is 5.16. The van der Waals surface area contributed by atoms with Crippen LogP contribution in [0.15, 0.2) is 12.3 Å². The molecule has 0 unspecified atom stereocenters. The van der Waals surface area contributed by atoms with E-state index in [0.717, 1.165) is 0 Å². The van der Waals surface area contributed by atoms with Gasteiger partial charge in [0.25, 0.3) is 0 Å². The summed E-state index contributed by atoms with van der Waals surface area (Å²) < 4.78 is 9.72. The minimum atomic E-state index is 0.438. The lowest BCUT2D eigenvalue weighted by Gasteiger charge is -2.03. The number of rotatable bonds is 5. The van der Waals surface area contributed by atoms with E-state index in [1.807, 2.05) is 0 Å². The van der Waals surface area contributed by atoms with Gasteiger partial charge in [-0.15, -0.1) is 0 Å². The fourth-order valence-electron chi connectivity index (χ4n) is 0.328. The lowest BCUT2D eigenvalue weighted by Crippen LogP contribution is -2.10. The number of hydrogen-bond donors (Lipinski definition) is 1. The predicted octanol–water partition coefficient (Wildman–Crippen LogP) is 0.122. The second-order valence-corrected chi connectivity index (χ2v) is 1.58. The summed E-state index contributed by atoms with van der Waals surface area (Å²) in [5.74, 6) is 0.628. The summed E-state index contributed by atoms with van der Waals surface area (Å²) >= 11 is 0. The van der Waals surface area contributed by atoms with Crippen LogP contribution in [0.4, 0.5) is 0 Å². The Labute approximate surface area is 55.4 Å². The summed E-state index contributed by atoms with van der Waals surface area (Å²) in [7, 11) is 1.56. The summed E-state index contributed by atoms with van der Waals surface area (Å²) in [5.41, 5.74) is 5.16. The SMILES string of the molecule is C=C(COCCN)OC. The molecule has 2 N–H and O–H groups in total. The molecule has 0 aromatic carbocycles. The Morgan fingerprint density at radius 2 is 2.33 bits per heavy atom. The molecule has 0 saturated heterocycles. The van der Waals surface area contributed by atoms with Crippen molar-refractivity contribution in [2.75, 3.05) is 26.9 Å². The average molecular weight is 131 g/mol. The van der Waals surface area contributed by atoms with Crippen LogP contribution in [0.2, 0.25) is 0 Å². The van der Waals surface area contributed by atoms with Gasteiger partial charge in [0.05, 0.1) is 13.7 Å². The van der Waals surface area contributed by atoms with E-state index in [2.05, 4.69) is 6.58 Å². The second kappa shape index (κ2) is 5.59. The van der Waals surface area contributed by atoms with E-state index in [4.69, 9.17) is 15.2 Å². The minimum Gasteiger partial charge on any atom is -0.499 e. The van der Waals surface area contributed by atoms with Gasteiger partial charge in [-0.05, 0) is 0 Å². The molecule has 0 fully saturated rings. The predicted molar refractivity (Wildman–Crippen MR) is 36.0 cm³/mol. The molecule has 0 aliphatic carbocycles. The van der Waals surface area contributed by atoms with Crippen LogP contribution in [0, 0.1) is 0 Å². The molecule has 0 saturated carbocycles. The standard InChI is InChI=1S/C6H13NO2/c1-6(8-2)5-9-4-3-7/h1,3-5,7H2,2H3. The van der Waals surface area contributed by atoms with Crippen molar-refractivity contribution < 1.29 is 9.47 Å². The van der Waals surface area contributed by atoms with E-state index >= 15 is 0 Å². The maximum absolute atomic E-state index is 5.16. The van der Waals surface area contributed by atoms with Gasteiger partial charge in [0.15, 0.2) is 0 Å². The largest absolute Gasteiger partial charge is 0.499 e. The average Bonchev–Trinajstić information content (AvgIpc) is 1.89. The second-order valence-electron chi connectivity index (χ2n) is 1.58. The third-order valence-electron chi connectivity index (χ3n) is 0.814. The first kappa shape index (κ1) is 8.46. The summed E-state index contributed by atoms with van der Waals surface area (Å²) in [6, 6.07) is 0. The van der Waals surface area contributed by atoms with Gasteiger partial charge in [-0.3, -0.25) is 0 Å². The first-order chi connectivity index (χ1) is 4.31. The zero-order valence-electron chi connectivity index (χ0n) is 5.72. The van der Waals surface area contributed by atoms with Crippen molar-refractivity contribution in [2.45, 2.75) is 0 Å². The summed E-state index contributed by atoms with van der Waals surface area (Å²) in [5, 5.41) is 0. The highest BCUT2D eigenvalue weighted by molar-refractivity contribution is 4.80. The third-order valence-corrected chi connectivity index (χ3v) is 0.814. The van der Waals surface area contributed by atoms with Crippen molar-refractivity contribution in [2.24, 2.45) is 5.73 Å². The van der Waals surface area contributed by atoms with E-state index in [0.29, 0.717) is 25.5 Å². The zero-order chi connectivity index (χ0) is 7.11. The van der Waals surface area contributed by atoms with Crippen molar-refractivity contribution in [1.29, 1.82) is 0 Å². The van der Waals surface area contributed by atoms with Crippen LogP contribution < -0.4 is 5.73 Å². The van der Waals surface area contributed by atoms with Crippen molar-refractivity contribution in [3.63, 3.8) is 0 Å². The quantitative estimate of drug-likeness (QED) is 0.426. The molecule has 0 aromatic heterocycles. The Bertz CT molecular complexity index is 83.1. The monoisotopic (exact) mass is 131 g/mol.